The molecular weight excluding hydrogens is 282 g/mol. The van der Waals surface area contributed by atoms with E-state index >= 15 is 0 Å². The molecule has 0 atom stereocenters. The molecule has 1 aromatic rings. The van der Waals surface area contributed by atoms with Crippen molar-refractivity contribution >= 4 is 24.2 Å². The zero-order valence-corrected chi connectivity index (χ0v) is 14.3. The molecule has 0 aliphatic heterocycles. The van der Waals surface area contributed by atoms with Crippen molar-refractivity contribution < 1.29 is 9.53 Å². The van der Waals surface area contributed by atoms with E-state index in [0.29, 0.717) is 13.2 Å². The van der Waals surface area contributed by atoms with Crippen molar-refractivity contribution in [2.75, 3.05) is 30.4 Å². The molecule has 0 bridgehead atoms. The van der Waals surface area contributed by atoms with Crippen LogP contribution in [0.15, 0.2) is 18.2 Å². The molecule has 0 saturated heterocycles. The molecule has 21 heavy (non-hydrogen) atoms. The fourth-order valence-electron chi connectivity index (χ4n) is 2.41. The van der Waals surface area contributed by atoms with Crippen molar-refractivity contribution in [2.45, 2.75) is 40.0 Å². The maximum absolute atomic E-state index is 12.3. The Morgan fingerprint density at radius 2 is 1.76 bits per heavy atom. The van der Waals surface area contributed by atoms with Crippen LogP contribution in [-0.2, 0) is 22.4 Å². The molecule has 1 rings (SSSR count). The van der Waals surface area contributed by atoms with Crippen LogP contribution in [0.4, 0.5) is 5.69 Å². The molecule has 118 valence electrons. The van der Waals surface area contributed by atoms with Crippen LogP contribution in [0.5, 0.6) is 0 Å². The number of rotatable bonds is 9. The van der Waals surface area contributed by atoms with Gasteiger partial charge in [-0.15, -0.1) is 0 Å². The van der Waals surface area contributed by atoms with Gasteiger partial charge >= 0.3 is 0 Å². The number of aryl methyl sites for hydroxylation is 2. The number of ether oxygens (including phenoxy) is 1. The molecule has 0 radical (unpaired) electrons. The van der Waals surface area contributed by atoms with Gasteiger partial charge in [-0.05, 0) is 30.4 Å². The Bertz CT molecular complexity index is 426. The minimum Gasteiger partial charge on any atom is -0.380 e. The fourth-order valence-corrected chi connectivity index (χ4v) is 2.58. The standard InChI is InChI=1S/C17H27NO2S/c1-4-11-20-12-10-18(16(19)13-21)17-14(5-2)8-7-9-15(17)6-3/h7-9,21H,4-6,10-13H2,1-3H3. The van der Waals surface area contributed by atoms with E-state index in [9.17, 15) is 4.79 Å². The topological polar surface area (TPSA) is 29.5 Å². The van der Waals surface area contributed by atoms with Crippen LogP contribution in [0.25, 0.3) is 0 Å². The SMILES string of the molecule is CCCOCCN(C(=O)CS)c1c(CC)cccc1CC. The lowest BCUT2D eigenvalue weighted by molar-refractivity contribution is -0.116. The molecule has 1 aromatic carbocycles. The van der Waals surface area contributed by atoms with Crippen molar-refractivity contribution in [3.8, 4) is 0 Å². The van der Waals surface area contributed by atoms with Gasteiger partial charge in [0.2, 0.25) is 5.91 Å². The number of hydrogen-bond acceptors (Lipinski definition) is 3. The zero-order valence-electron chi connectivity index (χ0n) is 13.4. The summed E-state index contributed by atoms with van der Waals surface area (Å²) in [6.07, 6.45) is 2.82. The first-order valence-corrected chi connectivity index (χ1v) is 8.42. The molecule has 0 heterocycles. The van der Waals surface area contributed by atoms with Crippen molar-refractivity contribution in [3.05, 3.63) is 29.3 Å². The van der Waals surface area contributed by atoms with Crippen LogP contribution in [0, 0.1) is 0 Å². The van der Waals surface area contributed by atoms with E-state index in [4.69, 9.17) is 4.74 Å². The lowest BCUT2D eigenvalue weighted by Crippen LogP contribution is -2.36. The first kappa shape index (κ1) is 18.1. The Morgan fingerprint density at radius 1 is 1.14 bits per heavy atom. The van der Waals surface area contributed by atoms with Gasteiger partial charge in [-0.1, -0.05) is 39.0 Å². The summed E-state index contributed by atoms with van der Waals surface area (Å²) in [4.78, 5) is 14.2. The molecule has 1 amide bonds. The van der Waals surface area contributed by atoms with Crippen LogP contribution in [-0.4, -0.2) is 31.4 Å². The second kappa shape index (κ2) is 9.85. The third-order valence-corrected chi connectivity index (χ3v) is 3.75. The number of amides is 1. The Morgan fingerprint density at radius 3 is 2.24 bits per heavy atom. The van der Waals surface area contributed by atoms with E-state index < -0.39 is 0 Å². The lowest BCUT2D eigenvalue weighted by atomic mass is 10.0. The maximum atomic E-state index is 12.3. The molecule has 0 aliphatic carbocycles. The number of nitrogens with zero attached hydrogens (tertiary/aromatic N) is 1. The smallest absolute Gasteiger partial charge is 0.236 e. The third-order valence-electron chi connectivity index (χ3n) is 3.48. The Labute approximate surface area is 134 Å². The molecule has 0 saturated carbocycles. The van der Waals surface area contributed by atoms with Gasteiger partial charge in [-0.2, -0.15) is 12.6 Å². The van der Waals surface area contributed by atoms with Gasteiger partial charge in [0.1, 0.15) is 0 Å². The molecule has 4 heteroatoms. The highest BCUT2D eigenvalue weighted by Crippen LogP contribution is 2.27. The van der Waals surface area contributed by atoms with Gasteiger partial charge < -0.3 is 9.64 Å². The van der Waals surface area contributed by atoms with Gasteiger partial charge in [0, 0.05) is 13.2 Å². The molecule has 0 spiro atoms. The molecule has 0 aromatic heterocycles. The largest absolute Gasteiger partial charge is 0.380 e. The number of anilines is 1. The summed E-state index contributed by atoms with van der Waals surface area (Å²) in [5, 5.41) is 0. The number of carbonyl (C=O) groups excluding carboxylic acids is 1. The Kier molecular flexibility index (Phi) is 8.47. The van der Waals surface area contributed by atoms with Crippen molar-refractivity contribution in [1.29, 1.82) is 0 Å². The third kappa shape index (κ3) is 5.04. The van der Waals surface area contributed by atoms with Gasteiger partial charge in [0.15, 0.2) is 0 Å². The first-order valence-electron chi connectivity index (χ1n) is 7.79. The van der Waals surface area contributed by atoms with Crippen LogP contribution in [0.1, 0.15) is 38.3 Å². The van der Waals surface area contributed by atoms with E-state index in [1.54, 1.807) is 0 Å². The number of thiol groups is 1. The average molecular weight is 309 g/mol. The minimum atomic E-state index is 0.0361. The van der Waals surface area contributed by atoms with Crippen LogP contribution < -0.4 is 4.90 Å². The van der Waals surface area contributed by atoms with E-state index in [0.717, 1.165) is 31.6 Å². The summed E-state index contributed by atoms with van der Waals surface area (Å²) >= 11 is 4.16. The molecule has 3 nitrogen and oxygen atoms in total. The first-order chi connectivity index (χ1) is 10.2. The molecule has 0 N–H and O–H groups in total. The van der Waals surface area contributed by atoms with Crippen LogP contribution in [0.3, 0.4) is 0 Å². The second-order valence-electron chi connectivity index (χ2n) is 4.95. The number of hydrogen-bond donors (Lipinski definition) is 1. The van der Waals surface area contributed by atoms with Crippen molar-refractivity contribution in [2.24, 2.45) is 0 Å². The highest BCUT2D eigenvalue weighted by atomic mass is 32.1. The van der Waals surface area contributed by atoms with Crippen LogP contribution >= 0.6 is 12.6 Å². The minimum absolute atomic E-state index is 0.0361. The van der Waals surface area contributed by atoms with Gasteiger partial charge in [0.25, 0.3) is 0 Å². The lowest BCUT2D eigenvalue weighted by Gasteiger charge is -2.27. The summed E-state index contributed by atoms with van der Waals surface area (Å²) in [5.41, 5.74) is 3.47. The molecule has 0 unspecified atom stereocenters. The summed E-state index contributed by atoms with van der Waals surface area (Å²) in [5.74, 6) is 0.253. The molecule has 0 fully saturated rings. The fraction of sp³-hybridized carbons (Fsp3) is 0.588. The average Bonchev–Trinajstić information content (AvgIpc) is 2.53. The van der Waals surface area contributed by atoms with E-state index in [-0.39, 0.29) is 11.7 Å². The van der Waals surface area contributed by atoms with Gasteiger partial charge in [-0.3, -0.25) is 4.79 Å². The normalized spacial score (nSPS) is 10.7. The Balaban J connectivity index is 3.04. The van der Waals surface area contributed by atoms with Crippen molar-refractivity contribution in [1.82, 2.24) is 0 Å². The highest BCUT2D eigenvalue weighted by molar-refractivity contribution is 7.81. The van der Waals surface area contributed by atoms with Crippen molar-refractivity contribution in [3.63, 3.8) is 0 Å². The van der Waals surface area contributed by atoms with Crippen LogP contribution in [0.2, 0.25) is 0 Å². The quantitative estimate of drug-likeness (QED) is 0.559. The van der Waals surface area contributed by atoms with E-state index in [1.807, 2.05) is 4.90 Å². The number of carbonyl (C=O) groups is 1. The maximum Gasteiger partial charge on any atom is 0.236 e. The van der Waals surface area contributed by atoms with Gasteiger partial charge in [0.05, 0.1) is 18.0 Å². The highest BCUT2D eigenvalue weighted by Gasteiger charge is 2.19. The molecular formula is C17H27NO2S. The Hall–Kier alpha value is -1.00. The number of para-hydroxylation sites is 1. The van der Waals surface area contributed by atoms with E-state index in [2.05, 4.69) is 51.6 Å². The molecule has 0 aliphatic rings. The summed E-state index contributed by atoms with van der Waals surface area (Å²) in [6, 6.07) is 6.26. The number of benzene rings is 1. The zero-order chi connectivity index (χ0) is 15.7. The predicted molar refractivity (Wildman–Crippen MR) is 92.5 cm³/mol. The second-order valence-corrected chi connectivity index (χ2v) is 5.26. The summed E-state index contributed by atoms with van der Waals surface area (Å²) < 4.78 is 5.56. The summed E-state index contributed by atoms with van der Waals surface area (Å²) in [7, 11) is 0. The predicted octanol–water partition coefficient (Wildman–Crippen LogP) is 3.50. The van der Waals surface area contributed by atoms with E-state index in [1.165, 1.54) is 11.1 Å². The summed E-state index contributed by atoms with van der Waals surface area (Å²) in [6.45, 7) is 8.21. The van der Waals surface area contributed by atoms with Gasteiger partial charge in [-0.25, -0.2) is 0 Å². The monoisotopic (exact) mass is 309 g/mol.